The number of alkyl carbamates (subject to hydrolysis) is 1. The van der Waals surface area contributed by atoms with E-state index in [0.29, 0.717) is 36.0 Å². The van der Waals surface area contributed by atoms with Crippen molar-refractivity contribution < 1.29 is 24.5 Å². The lowest BCUT2D eigenvalue weighted by Crippen LogP contribution is -2.59. The summed E-state index contributed by atoms with van der Waals surface area (Å²) in [6.45, 7) is 12.4. The van der Waals surface area contributed by atoms with E-state index >= 15 is 0 Å². The Balaban J connectivity index is 1.40. The highest BCUT2D eigenvalue weighted by atomic mass is 16.6. The molecule has 6 unspecified atom stereocenters. The summed E-state index contributed by atoms with van der Waals surface area (Å²) in [6, 6.07) is 0. The molecule has 0 aromatic heterocycles. The van der Waals surface area contributed by atoms with Gasteiger partial charge in [-0.15, -0.1) is 0 Å². The minimum Gasteiger partial charge on any atom is -0.444 e. The van der Waals surface area contributed by atoms with E-state index in [1.165, 1.54) is 12.8 Å². The molecule has 10 atom stereocenters. The van der Waals surface area contributed by atoms with Crippen LogP contribution < -0.4 is 5.32 Å². The van der Waals surface area contributed by atoms with E-state index in [1.54, 1.807) is 20.8 Å². The molecule has 4 rings (SSSR count). The Kier molecular flexibility index (Phi) is 7.40. The maximum absolute atomic E-state index is 12.7. The van der Waals surface area contributed by atoms with E-state index in [-0.39, 0.29) is 41.3 Å². The number of hydrogen-bond donors (Lipinski definition) is 3. The molecule has 3 N–H and O–H groups in total. The Morgan fingerprint density at radius 3 is 2.46 bits per heavy atom. The van der Waals surface area contributed by atoms with Crippen LogP contribution in [0.4, 0.5) is 4.79 Å². The first kappa shape index (κ1) is 26.9. The van der Waals surface area contributed by atoms with Gasteiger partial charge in [0.15, 0.2) is 5.78 Å². The number of fused-ring (bicyclic) bond motifs is 5. The largest absolute Gasteiger partial charge is 0.444 e. The maximum atomic E-state index is 12.7. The summed E-state index contributed by atoms with van der Waals surface area (Å²) in [5.41, 5.74) is -0.396. The van der Waals surface area contributed by atoms with Crippen molar-refractivity contribution in [3.8, 4) is 0 Å². The molecule has 0 spiro atoms. The predicted molar refractivity (Wildman–Crippen MR) is 136 cm³/mol. The van der Waals surface area contributed by atoms with Gasteiger partial charge in [0.25, 0.3) is 0 Å². The van der Waals surface area contributed by atoms with E-state index in [4.69, 9.17) is 4.74 Å². The highest BCUT2D eigenvalue weighted by Gasteiger charge is 2.63. The van der Waals surface area contributed by atoms with E-state index in [2.05, 4.69) is 26.1 Å². The van der Waals surface area contributed by atoms with Crippen molar-refractivity contribution in [1.82, 2.24) is 5.32 Å². The quantitative estimate of drug-likeness (QED) is 0.497. The van der Waals surface area contributed by atoms with Gasteiger partial charge in [-0.1, -0.05) is 20.8 Å². The van der Waals surface area contributed by atoms with Crippen molar-refractivity contribution in [1.29, 1.82) is 0 Å². The monoisotopic (exact) mass is 491 g/mol. The van der Waals surface area contributed by atoms with Crippen LogP contribution in [-0.4, -0.2) is 46.4 Å². The fourth-order valence-electron chi connectivity index (χ4n) is 9.39. The molecule has 0 saturated heterocycles. The molecule has 0 bridgehead atoms. The van der Waals surface area contributed by atoms with E-state index in [1.807, 2.05) is 0 Å². The minimum atomic E-state index is -0.582. The summed E-state index contributed by atoms with van der Waals surface area (Å²) in [5, 5.41) is 24.5. The van der Waals surface area contributed by atoms with Crippen LogP contribution in [0.1, 0.15) is 99.3 Å². The van der Waals surface area contributed by atoms with Gasteiger partial charge in [0.2, 0.25) is 0 Å². The second-order valence-corrected chi connectivity index (χ2v) is 14.0. The lowest BCUT2D eigenvalue weighted by molar-refractivity contribution is -0.179. The molecule has 6 nitrogen and oxygen atoms in total. The SMILES string of the molecule is CC(CC(=O)CNC(=O)OC(C)(C)C)[C@H]1CCC2C3CCC4C[C@@H](O)CC[C@]4(C)C3C(O)C[C@@]21C. The van der Waals surface area contributed by atoms with Gasteiger partial charge in [0.05, 0.1) is 18.8 Å². The van der Waals surface area contributed by atoms with Crippen LogP contribution in [0.3, 0.4) is 0 Å². The number of ether oxygens (including phenoxy) is 1. The molecule has 35 heavy (non-hydrogen) atoms. The molecule has 0 aromatic carbocycles. The van der Waals surface area contributed by atoms with Crippen LogP contribution in [0.2, 0.25) is 0 Å². The highest BCUT2D eigenvalue weighted by Crippen LogP contribution is 2.68. The number of ketones is 1. The van der Waals surface area contributed by atoms with Gasteiger partial charge in [-0.3, -0.25) is 4.79 Å². The number of carbonyl (C=O) groups excluding carboxylic acids is 2. The van der Waals surface area contributed by atoms with Crippen LogP contribution in [-0.2, 0) is 9.53 Å². The summed E-state index contributed by atoms with van der Waals surface area (Å²) in [5.74, 6) is 2.67. The number of carbonyl (C=O) groups is 2. The number of aliphatic hydroxyl groups excluding tert-OH is 2. The van der Waals surface area contributed by atoms with Crippen molar-refractivity contribution >= 4 is 11.9 Å². The molecule has 6 heteroatoms. The first-order valence-corrected chi connectivity index (χ1v) is 14.1. The Hall–Kier alpha value is -1.14. The maximum Gasteiger partial charge on any atom is 0.408 e. The van der Waals surface area contributed by atoms with Crippen LogP contribution in [0, 0.1) is 46.3 Å². The zero-order chi connectivity index (χ0) is 25.8. The zero-order valence-corrected chi connectivity index (χ0v) is 22.8. The summed E-state index contributed by atoms with van der Waals surface area (Å²) in [6.07, 6.45) is 7.67. The summed E-state index contributed by atoms with van der Waals surface area (Å²) in [7, 11) is 0. The Labute approximate surface area is 212 Å². The average Bonchev–Trinajstić information content (AvgIpc) is 3.08. The lowest BCUT2D eigenvalue weighted by Gasteiger charge is -2.62. The highest BCUT2D eigenvalue weighted by molar-refractivity contribution is 5.84. The first-order valence-electron chi connectivity index (χ1n) is 14.1. The fraction of sp³-hybridized carbons (Fsp3) is 0.931. The molecule has 1 amide bonds. The molecule has 0 radical (unpaired) electrons. The van der Waals surface area contributed by atoms with Crippen LogP contribution in [0.15, 0.2) is 0 Å². The van der Waals surface area contributed by atoms with Gasteiger partial charge in [0, 0.05) is 6.42 Å². The Bertz CT molecular complexity index is 807. The van der Waals surface area contributed by atoms with Crippen molar-refractivity contribution in [3.63, 3.8) is 0 Å². The van der Waals surface area contributed by atoms with Gasteiger partial charge in [-0.05, 0) is 118 Å². The van der Waals surface area contributed by atoms with Gasteiger partial charge < -0.3 is 20.3 Å². The third-order valence-corrected chi connectivity index (χ3v) is 10.7. The molecule has 200 valence electrons. The fourth-order valence-corrected chi connectivity index (χ4v) is 9.39. The van der Waals surface area contributed by atoms with E-state index in [9.17, 15) is 19.8 Å². The van der Waals surface area contributed by atoms with Gasteiger partial charge in [0.1, 0.15) is 5.60 Å². The Morgan fingerprint density at radius 2 is 1.77 bits per heavy atom. The van der Waals surface area contributed by atoms with E-state index < -0.39 is 11.7 Å². The molecule has 4 fully saturated rings. The number of aliphatic hydroxyl groups is 2. The number of amides is 1. The predicted octanol–water partition coefficient (Wildman–Crippen LogP) is 5.10. The third kappa shape index (κ3) is 5.16. The smallest absolute Gasteiger partial charge is 0.408 e. The van der Waals surface area contributed by atoms with Gasteiger partial charge in [-0.2, -0.15) is 0 Å². The molecule has 4 aliphatic rings. The second kappa shape index (κ2) is 9.63. The standard InChI is InChI=1S/C29H49NO5/c1-17(13-20(32)16-30-26(34)35-27(2,3)4)22-9-10-23-21-8-7-18-14-19(31)11-12-28(18,5)25(21)24(33)15-29(22,23)6/h17-19,21-25,31,33H,7-16H2,1-6H3,(H,30,34)/t17?,18?,19-,21?,22+,23?,24?,25?,28-,29+/m0/s1. The van der Waals surface area contributed by atoms with Crippen molar-refractivity contribution in [2.24, 2.45) is 46.3 Å². The molecular weight excluding hydrogens is 442 g/mol. The Morgan fingerprint density at radius 1 is 1.06 bits per heavy atom. The topological polar surface area (TPSA) is 95.9 Å². The normalized spacial score (nSPS) is 43.9. The number of Topliss-reactive ketones (excluding diaryl/α,β-unsaturated/α-hetero) is 1. The average molecular weight is 492 g/mol. The van der Waals surface area contributed by atoms with Crippen molar-refractivity contribution in [3.05, 3.63) is 0 Å². The molecule has 4 saturated carbocycles. The van der Waals surface area contributed by atoms with Gasteiger partial charge >= 0.3 is 6.09 Å². The molecule has 0 aromatic rings. The van der Waals surface area contributed by atoms with Crippen molar-refractivity contribution in [2.45, 2.75) is 117 Å². The van der Waals surface area contributed by atoms with Gasteiger partial charge in [-0.25, -0.2) is 4.79 Å². The number of hydrogen-bond acceptors (Lipinski definition) is 5. The lowest BCUT2D eigenvalue weighted by atomic mass is 9.43. The van der Waals surface area contributed by atoms with Crippen molar-refractivity contribution in [2.75, 3.05) is 6.54 Å². The van der Waals surface area contributed by atoms with Crippen LogP contribution in [0.5, 0.6) is 0 Å². The first-order chi connectivity index (χ1) is 16.2. The zero-order valence-electron chi connectivity index (χ0n) is 22.8. The summed E-state index contributed by atoms with van der Waals surface area (Å²) >= 11 is 0. The molecule has 0 aliphatic heterocycles. The summed E-state index contributed by atoms with van der Waals surface area (Å²) in [4.78, 5) is 24.7. The van der Waals surface area contributed by atoms with Crippen LogP contribution in [0.25, 0.3) is 0 Å². The summed E-state index contributed by atoms with van der Waals surface area (Å²) < 4.78 is 5.25. The van der Waals surface area contributed by atoms with Crippen LogP contribution >= 0.6 is 0 Å². The second-order valence-electron chi connectivity index (χ2n) is 14.0. The molecular formula is C29H49NO5. The third-order valence-electron chi connectivity index (χ3n) is 10.7. The number of rotatable bonds is 5. The molecule has 0 heterocycles. The van der Waals surface area contributed by atoms with E-state index in [0.717, 1.165) is 38.5 Å². The number of nitrogens with one attached hydrogen (secondary N) is 1. The molecule has 4 aliphatic carbocycles. The minimum absolute atomic E-state index is 0.00499.